The largest absolute Gasteiger partial charge is 0.481 e. The number of aliphatic carboxylic acids is 1. The van der Waals surface area contributed by atoms with Crippen molar-refractivity contribution in [2.24, 2.45) is 0 Å². The summed E-state index contributed by atoms with van der Waals surface area (Å²) in [6, 6.07) is 6.29. The summed E-state index contributed by atoms with van der Waals surface area (Å²) >= 11 is 12.6. The van der Waals surface area contributed by atoms with Crippen LogP contribution in [0.25, 0.3) is 11.2 Å². The van der Waals surface area contributed by atoms with Crippen molar-refractivity contribution in [3.63, 3.8) is 0 Å². The average Bonchev–Trinajstić information content (AvgIpc) is 3.52. The van der Waals surface area contributed by atoms with E-state index in [0.29, 0.717) is 22.1 Å². The van der Waals surface area contributed by atoms with Gasteiger partial charge in [0.25, 0.3) is 0 Å². The van der Waals surface area contributed by atoms with E-state index < -0.39 is 5.97 Å². The van der Waals surface area contributed by atoms with Crippen molar-refractivity contribution >= 4 is 46.2 Å². The first kappa shape index (κ1) is 28.6. The van der Waals surface area contributed by atoms with Gasteiger partial charge < -0.3 is 10.0 Å². The summed E-state index contributed by atoms with van der Waals surface area (Å²) < 4.78 is 1.90. The van der Waals surface area contributed by atoms with E-state index in [1.807, 2.05) is 43.8 Å². The van der Waals surface area contributed by atoms with Crippen LogP contribution in [0.2, 0.25) is 10.0 Å². The van der Waals surface area contributed by atoms with E-state index in [4.69, 9.17) is 43.4 Å². The number of benzene rings is 1. The van der Waals surface area contributed by atoms with Crippen molar-refractivity contribution < 1.29 is 9.90 Å². The minimum Gasteiger partial charge on any atom is -0.481 e. The molecule has 2 aromatic heterocycles. The first-order chi connectivity index (χ1) is 18.3. The fraction of sp³-hybridized carbons (Fsp3) is 0.571. The predicted octanol–water partition coefficient (Wildman–Crippen LogP) is 6.38. The Morgan fingerprint density at radius 3 is 2.58 bits per heavy atom. The maximum Gasteiger partial charge on any atom is 0.303 e. The van der Waals surface area contributed by atoms with Crippen LogP contribution in [-0.2, 0) is 4.79 Å². The molecule has 8 nitrogen and oxygen atoms in total. The Hall–Kier alpha value is -2.42. The monoisotopic (exact) mass is 560 g/mol. The Labute approximate surface area is 234 Å². The number of carboxylic acids is 1. The van der Waals surface area contributed by atoms with Gasteiger partial charge in [-0.15, -0.1) is 0 Å². The van der Waals surface area contributed by atoms with Gasteiger partial charge in [0.1, 0.15) is 11.3 Å². The summed E-state index contributed by atoms with van der Waals surface area (Å²) in [7, 11) is 0. The minimum atomic E-state index is -0.701. The number of carboxylic acid groups (broad SMARTS) is 1. The lowest BCUT2D eigenvalue weighted by Crippen LogP contribution is -2.47. The third-order valence-corrected chi connectivity index (χ3v) is 8.27. The van der Waals surface area contributed by atoms with Crippen LogP contribution in [0.3, 0.4) is 0 Å². The maximum absolute atomic E-state index is 11.1. The van der Waals surface area contributed by atoms with Gasteiger partial charge in [0, 0.05) is 41.6 Å². The zero-order valence-electron chi connectivity index (χ0n) is 22.7. The molecule has 38 heavy (non-hydrogen) atoms. The maximum atomic E-state index is 11.1. The van der Waals surface area contributed by atoms with E-state index in [1.165, 1.54) is 0 Å². The van der Waals surface area contributed by atoms with Gasteiger partial charge in [-0.1, -0.05) is 43.1 Å². The quantitative estimate of drug-likeness (QED) is 0.358. The van der Waals surface area contributed by atoms with E-state index in [1.54, 1.807) is 6.07 Å². The third-order valence-electron chi connectivity index (χ3n) is 7.71. The molecule has 5 rings (SSSR count). The lowest BCUT2D eigenvalue weighted by molar-refractivity contribution is -0.137. The van der Waals surface area contributed by atoms with Crippen LogP contribution in [0.15, 0.2) is 24.4 Å². The molecule has 0 bridgehead atoms. The molecule has 0 aliphatic carbocycles. The summed E-state index contributed by atoms with van der Waals surface area (Å²) in [5, 5.41) is 15.1. The number of anilines is 1. The number of carbonyl (C=O) groups is 1. The highest BCUT2D eigenvalue weighted by Gasteiger charge is 2.33. The highest BCUT2D eigenvalue weighted by molar-refractivity contribution is 6.35. The van der Waals surface area contributed by atoms with Gasteiger partial charge in [0.2, 0.25) is 0 Å². The molecule has 2 saturated heterocycles. The summed E-state index contributed by atoms with van der Waals surface area (Å²) in [6.07, 6.45) is 7.20. The van der Waals surface area contributed by atoms with Crippen molar-refractivity contribution in [2.45, 2.75) is 84.3 Å². The molecule has 2 aliphatic heterocycles. The van der Waals surface area contributed by atoms with E-state index in [-0.39, 0.29) is 12.5 Å². The molecule has 2 fully saturated rings. The highest BCUT2D eigenvalue weighted by atomic mass is 35.5. The standard InChI is InChI=1S/C26H32Cl2N6O2.C2H6/c1-16-25-26(34(31-16)17(2)21-7-5-18(27)14-22(21)28)30-23(15-29-25)32-12-9-20(10-13-32)33-11-3-4-19(33)6-8-24(35)36;1-2/h5,7,14-15,17,19-20H,3-4,6,8-13H2,1-2H3,(H,35,36);1-2H3/t17-,19+;/m1./s1. The SMILES string of the molecule is CC.Cc1nn([C@H](C)c2ccc(Cl)cc2Cl)c2nc(N3CCC(N4CCC[C@H]4CCC(=O)O)CC3)cnc12. The second-order valence-corrected chi connectivity index (χ2v) is 10.8. The summed E-state index contributed by atoms with van der Waals surface area (Å²) in [4.78, 5) is 25.7. The van der Waals surface area contributed by atoms with Crippen LogP contribution in [0.5, 0.6) is 0 Å². The number of aromatic nitrogens is 4. The van der Waals surface area contributed by atoms with Gasteiger partial charge >= 0.3 is 5.97 Å². The molecule has 4 heterocycles. The van der Waals surface area contributed by atoms with Crippen LogP contribution in [0.1, 0.15) is 76.6 Å². The normalized spacial score (nSPS) is 19.4. The van der Waals surface area contributed by atoms with Gasteiger partial charge in [-0.3, -0.25) is 9.69 Å². The predicted molar refractivity (Wildman–Crippen MR) is 154 cm³/mol. The first-order valence-corrected chi connectivity index (χ1v) is 14.5. The van der Waals surface area contributed by atoms with Crippen molar-refractivity contribution in [1.82, 2.24) is 24.6 Å². The molecule has 1 N–H and O–H groups in total. The van der Waals surface area contributed by atoms with Crippen molar-refractivity contribution in [3.05, 3.63) is 45.7 Å². The van der Waals surface area contributed by atoms with E-state index in [9.17, 15) is 4.79 Å². The number of aryl methyl sites for hydroxylation is 1. The summed E-state index contributed by atoms with van der Waals surface area (Å²) in [6.45, 7) is 10.9. The molecule has 2 aliphatic rings. The zero-order valence-corrected chi connectivity index (χ0v) is 24.2. The first-order valence-electron chi connectivity index (χ1n) is 13.7. The number of nitrogens with zero attached hydrogens (tertiary/aromatic N) is 6. The number of fused-ring (bicyclic) bond motifs is 1. The van der Waals surface area contributed by atoms with Gasteiger partial charge in [-0.05, 0) is 70.2 Å². The second kappa shape index (κ2) is 12.6. The molecule has 10 heteroatoms. The van der Waals surface area contributed by atoms with Crippen molar-refractivity contribution in [2.75, 3.05) is 24.5 Å². The average molecular weight is 562 g/mol. The molecular weight excluding hydrogens is 523 g/mol. The van der Waals surface area contributed by atoms with Gasteiger partial charge in [-0.2, -0.15) is 5.10 Å². The number of likely N-dealkylation sites (tertiary alicyclic amines) is 1. The van der Waals surface area contributed by atoms with Crippen LogP contribution >= 0.6 is 23.2 Å². The van der Waals surface area contributed by atoms with Crippen LogP contribution in [-0.4, -0.2) is 67.4 Å². The topological polar surface area (TPSA) is 87.4 Å². The van der Waals surface area contributed by atoms with Crippen LogP contribution in [0, 0.1) is 6.92 Å². The smallest absolute Gasteiger partial charge is 0.303 e. The Morgan fingerprint density at radius 1 is 1.16 bits per heavy atom. The van der Waals surface area contributed by atoms with Gasteiger partial charge in [-0.25, -0.2) is 14.6 Å². The van der Waals surface area contributed by atoms with Gasteiger partial charge in [0.05, 0.1) is 17.9 Å². The Balaban J connectivity index is 0.00000164. The molecule has 0 unspecified atom stereocenters. The number of hydrogen-bond donors (Lipinski definition) is 1. The van der Waals surface area contributed by atoms with Crippen molar-refractivity contribution in [3.8, 4) is 0 Å². The summed E-state index contributed by atoms with van der Waals surface area (Å²) in [5.41, 5.74) is 3.31. The van der Waals surface area contributed by atoms with Crippen LogP contribution < -0.4 is 4.90 Å². The Kier molecular flexibility index (Phi) is 9.50. The molecular formula is C28H38Cl2N6O2. The van der Waals surface area contributed by atoms with E-state index in [0.717, 1.165) is 80.0 Å². The fourth-order valence-electron chi connectivity index (χ4n) is 5.80. The number of hydrogen-bond acceptors (Lipinski definition) is 6. The summed E-state index contributed by atoms with van der Waals surface area (Å²) in [5.74, 6) is 0.160. The molecule has 3 aromatic rings. The minimum absolute atomic E-state index is 0.126. The molecule has 206 valence electrons. The Morgan fingerprint density at radius 2 is 1.89 bits per heavy atom. The van der Waals surface area contributed by atoms with Crippen LogP contribution in [0.4, 0.5) is 5.82 Å². The highest BCUT2D eigenvalue weighted by Crippen LogP contribution is 2.32. The number of halogens is 2. The number of rotatable bonds is 7. The van der Waals surface area contributed by atoms with E-state index >= 15 is 0 Å². The Bertz CT molecular complexity index is 1260. The lowest BCUT2D eigenvalue weighted by Gasteiger charge is -2.39. The molecule has 0 amide bonds. The number of piperidine rings is 1. The molecule has 0 spiro atoms. The third kappa shape index (κ3) is 6.08. The molecule has 0 radical (unpaired) electrons. The van der Waals surface area contributed by atoms with Gasteiger partial charge in [0.15, 0.2) is 5.65 Å². The molecule has 2 atom stereocenters. The molecule has 0 saturated carbocycles. The zero-order chi connectivity index (χ0) is 27.4. The lowest BCUT2D eigenvalue weighted by atomic mass is 10.0. The second-order valence-electron chi connectivity index (χ2n) is 9.96. The van der Waals surface area contributed by atoms with E-state index in [2.05, 4.69) is 16.7 Å². The fourth-order valence-corrected chi connectivity index (χ4v) is 6.37. The molecule has 1 aromatic carbocycles. The van der Waals surface area contributed by atoms with Crippen molar-refractivity contribution in [1.29, 1.82) is 0 Å².